The largest absolute Gasteiger partial charge is 0.312 e. The second kappa shape index (κ2) is 4.65. The van der Waals surface area contributed by atoms with Crippen LogP contribution in [0.3, 0.4) is 0 Å². The lowest BCUT2D eigenvalue weighted by molar-refractivity contribution is -0.0589. The minimum absolute atomic E-state index is 0.128. The molecule has 0 atom stereocenters. The zero-order valence-corrected chi connectivity index (χ0v) is 15.1. The molecule has 0 radical (unpaired) electrons. The molecule has 0 saturated heterocycles. The van der Waals surface area contributed by atoms with Crippen LogP contribution in [0.1, 0.15) is 38.5 Å². The van der Waals surface area contributed by atoms with E-state index >= 15 is 0 Å². The second-order valence-corrected chi connectivity index (χ2v) is 10.5. The first kappa shape index (κ1) is 14.7. The lowest BCUT2D eigenvalue weighted by atomic mass is 9.53. The summed E-state index contributed by atoms with van der Waals surface area (Å²) in [6, 6.07) is 7.76. The maximum absolute atomic E-state index is 13.5. The predicted molar refractivity (Wildman–Crippen MR) is 94.5 cm³/mol. The molecule has 1 aromatic heterocycles. The Balaban J connectivity index is 1.48. The van der Waals surface area contributed by atoms with Gasteiger partial charge in [-0.05, 0) is 68.4 Å². The summed E-state index contributed by atoms with van der Waals surface area (Å²) in [4.78, 5) is 4.52. The fraction of sp³-hybridized carbons (Fsp3) is 0.632. The van der Waals surface area contributed by atoms with Crippen LogP contribution in [0.25, 0.3) is 11.0 Å². The molecule has 4 bridgehead atoms. The lowest BCUT2D eigenvalue weighted by Crippen LogP contribution is -2.63. The van der Waals surface area contributed by atoms with E-state index in [-0.39, 0.29) is 10.7 Å². The standard InChI is InChI=1S/C19H23N3O2S/c23-25(24)18-20-16-3-1-2-4-17(16)21(18)5-6-22(25)19-10-13-7-14(11-19)9-15(8-13)12-19/h1-4,13-15H,5-12H2. The zero-order chi connectivity index (χ0) is 16.8. The van der Waals surface area contributed by atoms with Gasteiger partial charge in [-0.2, -0.15) is 4.31 Å². The summed E-state index contributed by atoms with van der Waals surface area (Å²) < 4.78 is 30.8. The smallest absolute Gasteiger partial charge is 0.277 e. The summed E-state index contributed by atoms with van der Waals surface area (Å²) in [5.41, 5.74) is 1.59. The molecule has 5 aliphatic rings. The van der Waals surface area contributed by atoms with Gasteiger partial charge in [-0.25, -0.2) is 13.4 Å². The minimum Gasteiger partial charge on any atom is -0.312 e. The number of aromatic nitrogens is 2. The van der Waals surface area contributed by atoms with Crippen LogP contribution in [0.4, 0.5) is 0 Å². The van der Waals surface area contributed by atoms with Crippen LogP contribution >= 0.6 is 0 Å². The highest BCUT2D eigenvalue weighted by molar-refractivity contribution is 7.89. The van der Waals surface area contributed by atoms with E-state index in [1.807, 2.05) is 33.1 Å². The van der Waals surface area contributed by atoms with Crippen LogP contribution in [0.5, 0.6) is 0 Å². The number of imidazole rings is 1. The summed E-state index contributed by atoms with van der Waals surface area (Å²) in [6.07, 6.45) is 7.18. The molecule has 132 valence electrons. The van der Waals surface area contributed by atoms with Crippen molar-refractivity contribution in [3.8, 4) is 0 Å². The van der Waals surface area contributed by atoms with E-state index in [0.29, 0.717) is 6.54 Å². The van der Waals surface area contributed by atoms with Crippen LogP contribution < -0.4 is 0 Å². The van der Waals surface area contributed by atoms with E-state index in [1.54, 1.807) is 0 Å². The Morgan fingerprint density at radius 3 is 2.28 bits per heavy atom. The summed E-state index contributed by atoms with van der Waals surface area (Å²) in [6.45, 7) is 1.32. The molecule has 0 unspecified atom stereocenters. The van der Waals surface area contributed by atoms with E-state index in [2.05, 4.69) is 4.98 Å². The van der Waals surface area contributed by atoms with Crippen molar-refractivity contribution in [3.05, 3.63) is 24.3 Å². The third-order valence-corrected chi connectivity index (χ3v) is 9.13. The molecule has 0 spiro atoms. The molecule has 2 aromatic rings. The molecular formula is C19H23N3O2S. The Morgan fingerprint density at radius 1 is 0.960 bits per heavy atom. The summed E-state index contributed by atoms with van der Waals surface area (Å²) in [5.74, 6) is 2.21. The number of hydrogen-bond acceptors (Lipinski definition) is 3. The summed E-state index contributed by atoms with van der Waals surface area (Å²) in [7, 11) is -3.52. The highest BCUT2D eigenvalue weighted by atomic mass is 32.2. The van der Waals surface area contributed by atoms with Gasteiger partial charge >= 0.3 is 0 Å². The van der Waals surface area contributed by atoms with Crippen LogP contribution in [0, 0.1) is 17.8 Å². The van der Waals surface area contributed by atoms with Gasteiger partial charge < -0.3 is 4.57 Å². The minimum atomic E-state index is -3.52. The van der Waals surface area contributed by atoms with Gasteiger partial charge in [0.2, 0.25) is 5.16 Å². The molecule has 6 heteroatoms. The Kier molecular flexibility index (Phi) is 2.74. The van der Waals surface area contributed by atoms with E-state index in [4.69, 9.17) is 0 Å². The molecule has 4 saturated carbocycles. The fourth-order valence-electron chi connectivity index (χ4n) is 6.74. The molecule has 4 fully saturated rings. The SMILES string of the molecule is O=S1(=O)c2nc3ccccc3n2CCN1C12CC3CC(CC(C3)C1)C2. The third-order valence-electron chi connectivity index (χ3n) is 7.20. The van der Waals surface area contributed by atoms with Crippen molar-refractivity contribution in [2.45, 2.75) is 55.8 Å². The van der Waals surface area contributed by atoms with Crippen molar-refractivity contribution in [1.82, 2.24) is 13.9 Å². The maximum atomic E-state index is 13.5. The van der Waals surface area contributed by atoms with Crippen LogP contribution in [-0.2, 0) is 16.6 Å². The van der Waals surface area contributed by atoms with Crippen LogP contribution in [0.15, 0.2) is 29.4 Å². The van der Waals surface area contributed by atoms with Crippen molar-refractivity contribution in [2.24, 2.45) is 17.8 Å². The monoisotopic (exact) mass is 357 g/mol. The zero-order valence-electron chi connectivity index (χ0n) is 14.3. The number of hydrogen-bond donors (Lipinski definition) is 0. The predicted octanol–water partition coefficient (Wildman–Crippen LogP) is 3.01. The summed E-state index contributed by atoms with van der Waals surface area (Å²) >= 11 is 0. The number of fused-ring (bicyclic) bond motifs is 3. The first-order valence-corrected chi connectivity index (χ1v) is 11.0. The molecule has 4 aliphatic carbocycles. The molecule has 5 nitrogen and oxygen atoms in total. The molecule has 25 heavy (non-hydrogen) atoms. The number of benzene rings is 1. The normalized spacial score (nSPS) is 39.0. The van der Waals surface area contributed by atoms with Crippen molar-refractivity contribution in [2.75, 3.05) is 6.54 Å². The van der Waals surface area contributed by atoms with Gasteiger partial charge in [-0.3, -0.25) is 0 Å². The lowest BCUT2D eigenvalue weighted by Gasteiger charge is -2.60. The number of para-hydroxylation sites is 2. The van der Waals surface area contributed by atoms with E-state index < -0.39 is 10.0 Å². The van der Waals surface area contributed by atoms with E-state index in [9.17, 15) is 8.42 Å². The Bertz CT molecular complexity index is 942. The highest BCUT2D eigenvalue weighted by Crippen LogP contribution is 2.58. The highest BCUT2D eigenvalue weighted by Gasteiger charge is 2.57. The van der Waals surface area contributed by atoms with Crippen molar-refractivity contribution in [1.29, 1.82) is 0 Å². The average Bonchev–Trinajstić information content (AvgIpc) is 2.94. The van der Waals surface area contributed by atoms with E-state index in [0.717, 1.165) is 54.6 Å². The number of sulfonamides is 1. The van der Waals surface area contributed by atoms with Gasteiger partial charge in [-0.15, -0.1) is 0 Å². The number of nitrogens with zero attached hydrogens (tertiary/aromatic N) is 3. The fourth-order valence-corrected chi connectivity index (χ4v) is 8.67. The van der Waals surface area contributed by atoms with Crippen molar-refractivity contribution >= 4 is 21.1 Å². The molecule has 7 rings (SSSR count). The Hall–Kier alpha value is -1.40. The Morgan fingerprint density at radius 2 is 1.60 bits per heavy atom. The van der Waals surface area contributed by atoms with Gasteiger partial charge in [0.25, 0.3) is 10.0 Å². The van der Waals surface area contributed by atoms with Crippen molar-refractivity contribution in [3.63, 3.8) is 0 Å². The topological polar surface area (TPSA) is 55.2 Å². The molecule has 0 N–H and O–H groups in total. The van der Waals surface area contributed by atoms with Gasteiger partial charge in [-0.1, -0.05) is 12.1 Å². The first-order chi connectivity index (χ1) is 12.1. The molecular weight excluding hydrogens is 334 g/mol. The molecule has 1 aromatic carbocycles. The van der Waals surface area contributed by atoms with Gasteiger partial charge in [0.1, 0.15) is 0 Å². The van der Waals surface area contributed by atoms with Crippen molar-refractivity contribution < 1.29 is 8.42 Å². The van der Waals surface area contributed by atoms with Crippen LogP contribution in [-0.4, -0.2) is 34.4 Å². The summed E-state index contributed by atoms with van der Waals surface area (Å²) in [5, 5.41) is 0.260. The molecule has 0 amide bonds. The second-order valence-electron chi connectivity index (χ2n) is 8.75. The molecule has 2 heterocycles. The Labute approximate surface area is 148 Å². The maximum Gasteiger partial charge on any atom is 0.277 e. The third kappa shape index (κ3) is 1.87. The number of rotatable bonds is 1. The van der Waals surface area contributed by atoms with E-state index in [1.165, 1.54) is 19.3 Å². The van der Waals surface area contributed by atoms with Gasteiger partial charge in [0, 0.05) is 18.6 Å². The van der Waals surface area contributed by atoms with Crippen LogP contribution in [0.2, 0.25) is 0 Å². The van der Waals surface area contributed by atoms with Gasteiger partial charge in [0.15, 0.2) is 0 Å². The quantitative estimate of drug-likeness (QED) is 0.788. The van der Waals surface area contributed by atoms with Gasteiger partial charge in [0.05, 0.1) is 11.0 Å². The molecule has 1 aliphatic heterocycles. The first-order valence-electron chi connectivity index (χ1n) is 9.53. The average molecular weight is 357 g/mol.